The summed E-state index contributed by atoms with van der Waals surface area (Å²) < 4.78 is 5.86. The van der Waals surface area contributed by atoms with Gasteiger partial charge in [0.05, 0.1) is 6.54 Å². The number of hydrogen-bond acceptors (Lipinski definition) is 5. The topological polar surface area (TPSA) is 54.3 Å². The molecule has 0 radical (unpaired) electrons. The van der Waals surface area contributed by atoms with Crippen LogP contribution in [0.4, 0.5) is 0 Å². The van der Waals surface area contributed by atoms with Gasteiger partial charge in [0.2, 0.25) is 5.78 Å². The van der Waals surface area contributed by atoms with Gasteiger partial charge in [-0.05, 0) is 12.1 Å². The quantitative estimate of drug-likeness (QED) is 0.799. The zero-order valence-corrected chi connectivity index (χ0v) is 12.4. The Morgan fingerprint density at radius 3 is 2.74 bits per heavy atom. The summed E-state index contributed by atoms with van der Waals surface area (Å²) in [6.07, 6.45) is 1.83. The summed E-state index contributed by atoms with van der Waals surface area (Å²) in [5.41, 5.74) is 2.03. The van der Waals surface area contributed by atoms with E-state index in [1.807, 2.05) is 60.7 Å². The molecular formula is C18H15N3O2. The first-order valence-corrected chi connectivity index (χ1v) is 7.53. The minimum atomic E-state index is -0.0619. The molecule has 1 atom stereocenters. The third-order valence-corrected chi connectivity index (χ3v) is 3.96. The van der Waals surface area contributed by atoms with E-state index < -0.39 is 0 Å². The number of benzene rings is 2. The standard InChI is InChI=1S/C18H15N3O2/c22-18(13-6-2-1-3-7-13)16-10-14-8-4-5-9-17(14)23-12-15-11-19-20-21(15)16/h1-10,15H,11-12H2/b16-10-. The van der Waals surface area contributed by atoms with Gasteiger partial charge in [-0.1, -0.05) is 53.8 Å². The number of hydrogen-bond donors (Lipinski definition) is 0. The molecule has 0 spiro atoms. The highest BCUT2D eigenvalue weighted by molar-refractivity contribution is 6.11. The second-order valence-corrected chi connectivity index (χ2v) is 5.49. The fourth-order valence-electron chi connectivity index (χ4n) is 2.76. The monoisotopic (exact) mass is 305 g/mol. The SMILES string of the molecule is O=C(/C1=C/c2ccccc2OCC2CN=NN12)c1ccccc1. The fraction of sp³-hybridized carbons (Fsp3) is 0.167. The van der Waals surface area contributed by atoms with E-state index in [9.17, 15) is 4.79 Å². The highest BCUT2D eigenvalue weighted by Gasteiger charge is 2.32. The highest BCUT2D eigenvalue weighted by atomic mass is 16.5. The number of fused-ring (bicyclic) bond motifs is 2. The van der Waals surface area contributed by atoms with Crippen LogP contribution < -0.4 is 4.74 Å². The highest BCUT2D eigenvalue weighted by Crippen LogP contribution is 2.30. The van der Waals surface area contributed by atoms with Crippen molar-refractivity contribution < 1.29 is 9.53 Å². The molecule has 1 unspecified atom stereocenters. The molecule has 2 heterocycles. The van der Waals surface area contributed by atoms with E-state index in [-0.39, 0.29) is 11.8 Å². The van der Waals surface area contributed by atoms with Gasteiger partial charge in [-0.2, -0.15) is 5.11 Å². The van der Waals surface area contributed by atoms with Gasteiger partial charge in [-0.25, -0.2) is 5.01 Å². The van der Waals surface area contributed by atoms with Crippen molar-refractivity contribution in [2.24, 2.45) is 10.3 Å². The number of nitrogens with zero attached hydrogens (tertiary/aromatic N) is 3. The lowest BCUT2D eigenvalue weighted by molar-refractivity contribution is 0.0968. The summed E-state index contributed by atoms with van der Waals surface area (Å²) in [6.45, 7) is 0.977. The summed E-state index contributed by atoms with van der Waals surface area (Å²) in [7, 11) is 0. The average Bonchev–Trinajstić information content (AvgIpc) is 3.04. The van der Waals surface area contributed by atoms with Crippen LogP contribution in [0.1, 0.15) is 15.9 Å². The Hall–Kier alpha value is -2.95. The van der Waals surface area contributed by atoms with Crippen LogP contribution in [-0.4, -0.2) is 30.0 Å². The molecule has 114 valence electrons. The van der Waals surface area contributed by atoms with Crippen LogP contribution in [0.2, 0.25) is 0 Å². The van der Waals surface area contributed by atoms with Gasteiger partial charge in [0.25, 0.3) is 0 Å². The van der Waals surface area contributed by atoms with Gasteiger partial charge >= 0.3 is 0 Å². The van der Waals surface area contributed by atoms with Gasteiger partial charge in [0, 0.05) is 11.1 Å². The molecule has 2 aliphatic rings. The van der Waals surface area contributed by atoms with Crippen LogP contribution in [0.3, 0.4) is 0 Å². The van der Waals surface area contributed by atoms with Crippen LogP contribution in [-0.2, 0) is 0 Å². The number of ether oxygens (including phenoxy) is 1. The van der Waals surface area contributed by atoms with Crippen LogP contribution in [0.5, 0.6) is 5.75 Å². The van der Waals surface area contributed by atoms with Crippen LogP contribution in [0, 0.1) is 0 Å². The molecule has 2 aromatic carbocycles. The van der Waals surface area contributed by atoms with Crippen molar-refractivity contribution >= 4 is 11.9 Å². The van der Waals surface area contributed by atoms with Crippen molar-refractivity contribution in [3.63, 3.8) is 0 Å². The molecule has 0 aliphatic carbocycles. The Morgan fingerprint density at radius 1 is 1.09 bits per heavy atom. The molecule has 5 nitrogen and oxygen atoms in total. The second-order valence-electron chi connectivity index (χ2n) is 5.49. The molecule has 0 fully saturated rings. The molecule has 0 amide bonds. The Labute approximate surface area is 133 Å². The summed E-state index contributed by atoms with van der Waals surface area (Å²) >= 11 is 0. The number of carbonyl (C=O) groups is 1. The fourth-order valence-corrected chi connectivity index (χ4v) is 2.76. The lowest BCUT2D eigenvalue weighted by Gasteiger charge is -2.26. The minimum absolute atomic E-state index is 0.0535. The summed E-state index contributed by atoms with van der Waals surface area (Å²) in [4.78, 5) is 13.0. The van der Waals surface area contributed by atoms with Crippen molar-refractivity contribution in [3.8, 4) is 5.75 Å². The summed E-state index contributed by atoms with van der Waals surface area (Å²) in [6, 6.07) is 16.9. The Morgan fingerprint density at radius 2 is 1.87 bits per heavy atom. The maximum atomic E-state index is 13.0. The van der Waals surface area contributed by atoms with Gasteiger partial charge in [-0.15, -0.1) is 0 Å². The van der Waals surface area contributed by atoms with Crippen molar-refractivity contribution in [1.82, 2.24) is 5.01 Å². The van der Waals surface area contributed by atoms with E-state index in [0.29, 0.717) is 24.4 Å². The Balaban J connectivity index is 1.83. The van der Waals surface area contributed by atoms with Gasteiger partial charge in [0.1, 0.15) is 24.1 Å². The first kappa shape index (κ1) is 13.7. The average molecular weight is 305 g/mol. The number of carbonyl (C=O) groups excluding carboxylic acids is 1. The van der Waals surface area contributed by atoms with Crippen molar-refractivity contribution in [3.05, 3.63) is 71.4 Å². The van der Waals surface area contributed by atoms with Gasteiger partial charge in [0.15, 0.2) is 0 Å². The number of rotatable bonds is 2. The first-order chi connectivity index (χ1) is 11.3. The van der Waals surface area contributed by atoms with E-state index in [1.54, 1.807) is 5.01 Å². The molecule has 0 N–H and O–H groups in total. The Bertz CT molecular complexity index is 799. The lowest BCUT2D eigenvalue weighted by Crippen LogP contribution is -2.37. The number of ketones is 1. The molecule has 2 aliphatic heterocycles. The third kappa shape index (κ3) is 2.50. The summed E-state index contributed by atoms with van der Waals surface area (Å²) in [5.74, 6) is 0.713. The van der Waals surface area contributed by atoms with E-state index in [2.05, 4.69) is 10.3 Å². The Kier molecular flexibility index (Phi) is 3.38. The van der Waals surface area contributed by atoms with Gasteiger partial charge < -0.3 is 4.74 Å². The number of Topliss-reactive ketones (excluding diaryl/α,β-unsaturated/α-hetero) is 1. The largest absolute Gasteiger partial charge is 0.491 e. The molecule has 0 bridgehead atoms. The minimum Gasteiger partial charge on any atom is -0.491 e. The van der Waals surface area contributed by atoms with Crippen LogP contribution in [0.25, 0.3) is 6.08 Å². The van der Waals surface area contributed by atoms with Crippen molar-refractivity contribution in [2.75, 3.05) is 13.2 Å². The van der Waals surface area contributed by atoms with Crippen LogP contribution in [0.15, 0.2) is 70.6 Å². The van der Waals surface area contributed by atoms with Crippen LogP contribution >= 0.6 is 0 Å². The smallest absolute Gasteiger partial charge is 0.211 e. The second kappa shape index (κ2) is 5.68. The zero-order chi connectivity index (χ0) is 15.6. The van der Waals surface area contributed by atoms with E-state index >= 15 is 0 Å². The van der Waals surface area contributed by atoms with Crippen molar-refractivity contribution in [1.29, 1.82) is 0 Å². The molecule has 4 rings (SSSR count). The number of allylic oxidation sites excluding steroid dienone is 1. The maximum absolute atomic E-state index is 13.0. The zero-order valence-electron chi connectivity index (χ0n) is 12.4. The van der Waals surface area contributed by atoms with Gasteiger partial charge in [-0.3, -0.25) is 4.79 Å². The van der Waals surface area contributed by atoms with E-state index in [0.717, 1.165) is 11.3 Å². The maximum Gasteiger partial charge on any atom is 0.211 e. The lowest BCUT2D eigenvalue weighted by atomic mass is 10.0. The molecule has 0 saturated carbocycles. The molecular weight excluding hydrogens is 290 g/mol. The summed E-state index contributed by atoms with van der Waals surface area (Å²) in [5, 5.41) is 9.91. The molecule has 2 aromatic rings. The third-order valence-electron chi connectivity index (χ3n) is 3.96. The predicted molar refractivity (Wildman–Crippen MR) is 86.0 cm³/mol. The first-order valence-electron chi connectivity index (χ1n) is 7.53. The predicted octanol–water partition coefficient (Wildman–Crippen LogP) is 3.35. The van der Waals surface area contributed by atoms with E-state index in [4.69, 9.17) is 4.74 Å². The molecule has 0 saturated heterocycles. The molecule has 0 aromatic heterocycles. The van der Waals surface area contributed by atoms with Crippen molar-refractivity contribution in [2.45, 2.75) is 6.04 Å². The normalized spacial score (nSPS) is 21.3. The van der Waals surface area contributed by atoms with E-state index in [1.165, 1.54) is 0 Å². The molecule has 23 heavy (non-hydrogen) atoms. The number of para-hydroxylation sites is 1. The molecule has 5 heteroatoms.